The van der Waals surface area contributed by atoms with E-state index >= 15 is 0 Å². The molecule has 49 heavy (non-hydrogen) atoms. The first-order valence-corrected chi connectivity index (χ1v) is 17.1. The number of hydroxylamine groups is 2. The number of nitrogens with zero attached hydrogens (tertiary/aromatic N) is 6. The number of hydrogen-bond donors (Lipinski definition) is 1. The van der Waals surface area contributed by atoms with Gasteiger partial charge >= 0.3 is 6.09 Å². The SMILES string of the molecule is C=C/C=C(\C(=C)C#N)N1CCN(Cc2cc(C(=O)N3CCN(c4ccccc4CCCN(O)C(=O)OC(C)(C)C)CC3)c(C)cc2C)CC1. The highest BCUT2D eigenvalue weighted by Gasteiger charge is 2.27. The Morgan fingerprint density at radius 3 is 2.27 bits per heavy atom. The Kier molecular flexibility index (Phi) is 12.7. The van der Waals surface area contributed by atoms with Crippen LogP contribution in [-0.2, 0) is 17.7 Å². The van der Waals surface area contributed by atoms with Crippen LogP contribution < -0.4 is 4.90 Å². The van der Waals surface area contributed by atoms with Gasteiger partial charge in [0.1, 0.15) is 11.7 Å². The maximum Gasteiger partial charge on any atom is 0.434 e. The first kappa shape index (κ1) is 37.2. The minimum atomic E-state index is -0.744. The molecule has 0 atom stereocenters. The van der Waals surface area contributed by atoms with Gasteiger partial charge in [0.15, 0.2) is 0 Å². The summed E-state index contributed by atoms with van der Waals surface area (Å²) < 4.78 is 5.24. The summed E-state index contributed by atoms with van der Waals surface area (Å²) in [5, 5.41) is 20.2. The van der Waals surface area contributed by atoms with Crippen LogP contribution >= 0.6 is 0 Å². The van der Waals surface area contributed by atoms with Crippen molar-refractivity contribution in [3.8, 4) is 6.07 Å². The molecule has 0 bridgehead atoms. The highest BCUT2D eigenvalue weighted by atomic mass is 16.6. The molecule has 262 valence electrons. The number of amides is 2. The maximum absolute atomic E-state index is 13.9. The van der Waals surface area contributed by atoms with E-state index < -0.39 is 11.7 Å². The molecule has 10 heteroatoms. The van der Waals surface area contributed by atoms with Crippen molar-refractivity contribution in [1.82, 2.24) is 19.8 Å². The van der Waals surface area contributed by atoms with E-state index in [9.17, 15) is 20.1 Å². The first-order chi connectivity index (χ1) is 23.3. The molecule has 2 amide bonds. The van der Waals surface area contributed by atoms with Crippen LogP contribution in [0.4, 0.5) is 10.5 Å². The van der Waals surface area contributed by atoms with Crippen LogP contribution in [0.5, 0.6) is 0 Å². The third kappa shape index (κ3) is 9.97. The summed E-state index contributed by atoms with van der Waals surface area (Å²) in [4.78, 5) is 34.9. The van der Waals surface area contributed by atoms with Gasteiger partial charge in [-0.05, 0) is 87.9 Å². The van der Waals surface area contributed by atoms with E-state index in [4.69, 9.17) is 4.74 Å². The number of piperazine rings is 2. The van der Waals surface area contributed by atoms with E-state index in [0.717, 1.165) is 79.5 Å². The number of hydrogen-bond acceptors (Lipinski definition) is 8. The van der Waals surface area contributed by atoms with Gasteiger partial charge in [-0.2, -0.15) is 10.3 Å². The Bertz CT molecular complexity index is 1590. The van der Waals surface area contributed by atoms with Gasteiger partial charge in [0, 0.05) is 70.2 Å². The van der Waals surface area contributed by atoms with Gasteiger partial charge in [-0.15, -0.1) is 0 Å². The Balaban J connectivity index is 1.34. The summed E-state index contributed by atoms with van der Waals surface area (Å²) in [6.07, 6.45) is 4.08. The fraction of sp³-hybridized carbons (Fsp3) is 0.462. The number of carbonyl (C=O) groups is 2. The largest absolute Gasteiger partial charge is 0.442 e. The van der Waals surface area contributed by atoms with E-state index in [2.05, 4.69) is 65.1 Å². The van der Waals surface area contributed by atoms with Crippen LogP contribution in [0.3, 0.4) is 0 Å². The molecule has 2 saturated heterocycles. The molecule has 10 nitrogen and oxygen atoms in total. The molecule has 0 spiro atoms. The zero-order chi connectivity index (χ0) is 35.7. The van der Waals surface area contributed by atoms with Gasteiger partial charge < -0.3 is 19.4 Å². The minimum Gasteiger partial charge on any atom is -0.442 e. The average Bonchev–Trinajstić information content (AvgIpc) is 3.07. The minimum absolute atomic E-state index is 0.0657. The van der Waals surface area contributed by atoms with Crippen LogP contribution in [0.25, 0.3) is 0 Å². The van der Waals surface area contributed by atoms with Gasteiger partial charge in [-0.1, -0.05) is 43.5 Å². The Labute approximate surface area is 292 Å². The summed E-state index contributed by atoms with van der Waals surface area (Å²) in [7, 11) is 0. The number of benzene rings is 2. The predicted molar refractivity (Wildman–Crippen MR) is 193 cm³/mol. The second-order valence-electron chi connectivity index (χ2n) is 13.8. The summed E-state index contributed by atoms with van der Waals surface area (Å²) in [5.41, 5.74) is 6.95. The second-order valence-corrected chi connectivity index (χ2v) is 13.8. The van der Waals surface area contributed by atoms with Crippen molar-refractivity contribution in [3.05, 3.63) is 101 Å². The number of para-hydroxylation sites is 1. The molecule has 2 aromatic carbocycles. The third-order valence-electron chi connectivity index (χ3n) is 9.06. The van der Waals surface area contributed by atoms with E-state index in [1.807, 2.05) is 30.0 Å². The quantitative estimate of drug-likeness (QED) is 0.133. The fourth-order valence-electron chi connectivity index (χ4n) is 6.43. The summed E-state index contributed by atoms with van der Waals surface area (Å²) >= 11 is 0. The van der Waals surface area contributed by atoms with Crippen LogP contribution in [-0.4, -0.2) is 101 Å². The molecule has 2 heterocycles. The van der Waals surface area contributed by atoms with Gasteiger partial charge in [0.05, 0.1) is 17.8 Å². The van der Waals surface area contributed by atoms with Gasteiger partial charge in [-0.25, -0.2) is 4.79 Å². The van der Waals surface area contributed by atoms with E-state index in [1.165, 1.54) is 5.56 Å². The molecule has 2 aliphatic heterocycles. The molecule has 0 saturated carbocycles. The van der Waals surface area contributed by atoms with Crippen molar-refractivity contribution < 1.29 is 19.5 Å². The number of ether oxygens (including phenoxy) is 1. The lowest BCUT2D eigenvalue weighted by molar-refractivity contribution is -0.0941. The Morgan fingerprint density at radius 2 is 1.63 bits per heavy atom. The van der Waals surface area contributed by atoms with Crippen molar-refractivity contribution in [2.24, 2.45) is 0 Å². The molecule has 0 unspecified atom stereocenters. The molecular formula is C39H52N6O4. The van der Waals surface area contributed by atoms with E-state index in [0.29, 0.717) is 36.6 Å². The number of carbonyl (C=O) groups excluding carboxylic acids is 2. The smallest absolute Gasteiger partial charge is 0.434 e. The number of aryl methyl sites for hydroxylation is 3. The molecule has 1 N–H and O–H groups in total. The molecule has 0 aromatic heterocycles. The first-order valence-electron chi connectivity index (χ1n) is 17.1. The Hall–Kier alpha value is -4.59. The fourth-order valence-corrected chi connectivity index (χ4v) is 6.43. The van der Waals surface area contributed by atoms with Gasteiger partial charge in [-0.3, -0.25) is 14.9 Å². The van der Waals surface area contributed by atoms with Crippen molar-refractivity contribution in [2.75, 3.05) is 63.8 Å². The molecule has 2 aromatic rings. The standard InChI is InChI=1S/C39H52N6O4/c1-8-12-35(31(4)27-40)42-19-17-41(18-20-42)28-33-26-34(30(3)25-29(33)2)37(46)44-23-21-43(22-24-44)36-15-10-9-13-32(36)14-11-16-45(48)38(47)49-39(5,6)7/h8-10,12-13,15,25-26,48H,1,4,11,14,16-24,28H2,2-3,5-7H3/b35-12+. The highest BCUT2D eigenvalue weighted by molar-refractivity contribution is 5.96. The molecule has 2 aliphatic rings. The summed E-state index contributed by atoms with van der Waals surface area (Å²) in [5.74, 6) is 0.0657. The van der Waals surface area contributed by atoms with Crippen LogP contribution in [0, 0.1) is 25.2 Å². The average molecular weight is 669 g/mol. The highest BCUT2D eigenvalue weighted by Crippen LogP contribution is 2.26. The van der Waals surface area contributed by atoms with Crippen molar-refractivity contribution in [2.45, 2.75) is 59.6 Å². The number of nitriles is 1. The zero-order valence-electron chi connectivity index (χ0n) is 29.9. The lowest BCUT2D eigenvalue weighted by Crippen LogP contribution is -2.49. The maximum atomic E-state index is 13.9. The number of anilines is 1. The number of allylic oxidation sites excluding steroid dienone is 3. The van der Waals surface area contributed by atoms with E-state index in [-0.39, 0.29) is 12.5 Å². The van der Waals surface area contributed by atoms with Crippen LogP contribution in [0.1, 0.15) is 59.8 Å². The molecular weight excluding hydrogens is 616 g/mol. The monoisotopic (exact) mass is 668 g/mol. The summed E-state index contributed by atoms with van der Waals surface area (Å²) in [6.45, 7) is 24.0. The predicted octanol–water partition coefficient (Wildman–Crippen LogP) is 6.09. The third-order valence-corrected chi connectivity index (χ3v) is 9.06. The number of rotatable bonds is 11. The lowest BCUT2D eigenvalue weighted by atomic mass is 9.98. The molecule has 4 rings (SSSR count). The van der Waals surface area contributed by atoms with E-state index in [1.54, 1.807) is 26.8 Å². The molecule has 2 fully saturated rings. The summed E-state index contributed by atoms with van der Waals surface area (Å²) in [6, 6.07) is 14.6. The zero-order valence-corrected chi connectivity index (χ0v) is 29.9. The van der Waals surface area contributed by atoms with Gasteiger partial charge in [0.25, 0.3) is 5.91 Å². The molecule has 0 aliphatic carbocycles. The second kappa shape index (κ2) is 16.7. The van der Waals surface area contributed by atoms with Crippen LogP contribution in [0.2, 0.25) is 0 Å². The topological polar surface area (TPSA) is 104 Å². The normalized spacial score (nSPS) is 15.9. The van der Waals surface area contributed by atoms with Crippen molar-refractivity contribution in [1.29, 1.82) is 5.26 Å². The van der Waals surface area contributed by atoms with Crippen molar-refractivity contribution >= 4 is 17.7 Å². The molecule has 0 radical (unpaired) electrons. The lowest BCUT2D eigenvalue weighted by Gasteiger charge is -2.38. The van der Waals surface area contributed by atoms with Gasteiger partial charge in [0.2, 0.25) is 0 Å². The Morgan fingerprint density at radius 1 is 0.980 bits per heavy atom. The van der Waals surface area contributed by atoms with Crippen molar-refractivity contribution in [3.63, 3.8) is 0 Å². The van der Waals surface area contributed by atoms with Crippen LogP contribution in [0.15, 0.2) is 73.0 Å².